The number of carbonyl (C=O) groups is 1. The maximum Gasteiger partial charge on any atom is 0.225 e. The molecule has 0 aliphatic carbocycles. The number of amides is 1. The van der Waals surface area contributed by atoms with Crippen LogP contribution in [0.5, 0.6) is 5.75 Å². The van der Waals surface area contributed by atoms with E-state index in [2.05, 4.69) is 27.2 Å². The Kier molecular flexibility index (Phi) is 6.36. The molecule has 6 heteroatoms. The lowest BCUT2D eigenvalue weighted by Gasteiger charge is -2.36. The molecule has 1 aliphatic heterocycles. The predicted octanol–water partition coefficient (Wildman–Crippen LogP) is 3.50. The lowest BCUT2D eigenvalue weighted by Crippen LogP contribution is -2.47. The van der Waals surface area contributed by atoms with Crippen LogP contribution in [0.25, 0.3) is 0 Å². The second-order valence-corrected chi connectivity index (χ2v) is 6.77. The number of hydrogen-bond donors (Lipinski definition) is 1. The number of piperazine rings is 1. The summed E-state index contributed by atoms with van der Waals surface area (Å²) in [7, 11) is 1.63. The standard InChI is InChI=1S/C20H24ClN3O2/c1-26-19-8-4-17(5-9-19)22-20(25)10-11-23-12-14-24(15-13-23)18-6-2-16(21)3-7-18/h2-9H,10-15H2,1H3,(H,22,25). The molecule has 0 unspecified atom stereocenters. The van der Waals surface area contributed by atoms with Gasteiger partial charge in [-0.3, -0.25) is 9.69 Å². The van der Waals surface area contributed by atoms with Gasteiger partial charge in [0.25, 0.3) is 0 Å². The van der Waals surface area contributed by atoms with E-state index in [0.717, 1.165) is 49.2 Å². The number of rotatable bonds is 6. The highest BCUT2D eigenvalue weighted by molar-refractivity contribution is 6.30. The van der Waals surface area contributed by atoms with Crippen LogP contribution < -0.4 is 15.0 Å². The van der Waals surface area contributed by atoms with Gasteiger partial charge < -0.3 is 15.0 Å². The van der Waals surface area contributed by atoms with Gasteiger partial charge in [-0.2, -0.15) is 0 Å². The Balaban J connectivity index is 1.40. The Morgan fingerprint density at radius 2 is 1.69 bits per heavy atom. The summed E-state index contributed by atoms with van der Waals surface area (Å²) < 4.78 is 5.12. The van der Waals surface area contributed by atoms with E-state index < -0.39 is 0 Å². The SMILES string of the molecule is COc1ccc(NC(=O)CCN2CCN(c3ccc(Cl)cc3)CC2)cc1. The highest BCUT2D eigenvalue weighted by Gasteiger charge is 2.17. The molecule has 0 aromatic heterocycles. The zero-order valence-corrected chi connectivity index (χ0v) is 15.7. The van der Waals surface area contributed by atoms with Gasteiger partial charge in [-0.05, 0) is 48.5 Å². The highest BCUT2D eigenvalue weighted by atomic mass is 35.5. The Labute approximate surface area is 159 Å². The third kappa shape index (κ3) is 5.13. The van der Waals surface area contributed by atoms with Crippen molar-refractivity contribution in [1.82, 2.24) is 4.90 Å². The van der Waals surface area contributed by atoms with Gasteiger partial charge in [0.05, 0.1) is 7.11 Å². The van der Waals surface area contributed by atoms with Crippen LogP contribution in [0.3, 0.4) is 0 Å². The third-order valence-corrected chi connectivity index (χ3v) is 4.84. The van der Waals surface area contributed by atoms with Crippen molar-refractivity contribution in [2.45, 2.75) is 6.42 Å². The van der Waals surface area contributed by atoms with Gasteiger partial charge in [0.2, 0.25) is 5.91 Å². The molecule has 0 atom stereocenters. The van der Waals surface area contributed by atoms with Gasteiger partial charge >= 0.3 is 0 Å². The molecular weight excluding hydrogens is 350 g/mol. The Hall–Kier alpha value is -2.24. The number of nitrogens with zero attached hydrogens (tertiary/aromatic N) is 2. The van der Waals surface area contributed by atoms with Crippen molar-refractivity contribution in [2.24, 2.45) is 0 Å². The zero-order chi connectivity index (χ0) is 18.4. The van der Waals surface area contributed by atoms with Gasteiger partial charge in [-0.1, -0.05) is 11.6 Å². The largest absolute Gasteiger partial charge is 0.497 e. The number of benzene rings is 2. The average molecular weight is 374 g/mol. The number of halogens is 1. The first-order chi connectivity index (χ1) is 12.6. The lowest BCUT2D eigenvalue weighted by atomic mass is 10.2. The van der Waals surface area contributed by atoms with Gasteiger partial charge in [0.1, 0.15) is 5.75 Å². The zero-order valence-electron chi connectivity index (χ0n) is 15.0. The van der Waals surface area contributed by atoms with Crippen LogP contribution in [0.2, 0.25) is 5.02 Å². The van der Waals surface area contributed by atoms with Gasteiger partial charge in [0, 0.05) is 55.5 Å². The number of nitrogens with one attached hydrogen (secondary N) is 1. The summed E-state index contributed by atoms with van der Waals surface area (Å²) in [4.78, 5) is 16.8. The van der Waals surface area contributed by atoms with Crippen LogP contribution >= 0.6 is 11.6 Å². The fourth-order valence-electron chi connectivity index (χ4n) is 3.04. The molecule has 0 bridgehead atoms. The number of ether oxygens (including phenoxy) is 1. The summed E-state index contributed by atoms with van der Waals surface area (Å²) in [5.41, 5.74) is 2.00. The second-order valence-electron chi connectivity index (χ2n) is 6.33. The molecule has 0 spiro atoms. The molecule has 26 heavy (non-hydrogen) atoms. The minimum Gasteiger partial charge on any atom is -0.497 e. The van der Waals surface area contributed by atoms with Crippen molar-refractivity contribution < 1.29 is 9.53 Å². The van der Waals surface area contributed by atoms with E-state index in [9.17, 15) is 4.79 Å². The van der Waals surface area contributed by atoms with Crippen LogP contribution in [0.1, 0.15) is 6.42 Å². The number of carbonyl (C=O) groups excluding carboxylic acids is 1. The van der Waals surface area contributed by atoms with E-state index in [1.807, 2.05) is 36.4 Å². The van der Waals surface area contributed by atoms with Gasteiger partial charge in [-0.25, -0.2) is 0 Å². The van der Waals surface area contributed by atoms with Crippen molar-refractivity contribution in [2.75, 3.05) is 50.1 Å². The summed E-state index contributed by atoms with van der Waals surface area (Å²) in [6.07, 6.45) is 0.493. The Bertz CT molecular complexity index is 711. The number of methoxy groups -OCH3 is 1. The summed E-state index contributed by atoms with van der Waals surface area (Å²) in [6.45, 7) is 4.61. The molecule has 0 radical (unpaired) electrons. The summed E-state index contributed by atoms with van der Waals surface area (Å²) in [5, 5.41) is 3.69. The van der Waals surface area contributed by atoms with Gasteiger partial charge in [-0.15, -0.1) is 0 Å². The summed E-state index contributed by atoms with van der Waals surface area (Å²) in [6, 6.07) is 15.3. The van der Waals surface area contributed by atoms with Crippen LogP contribution in [-0.2, 0) is 4.79 Å². The van der Waals surface area contributed by atoms with Crippen molar-refractivity contribution in [3.05, 3.63) is 53.6 Å². The van der Waals surface area contributed by atoms with Crippen molar-refractivity contribution >= 4 is 28.9 Å². The number of anilines is 2. The molecule has 2 aromatic rings. The van der Waals surface area contributed by atoms with Crippen LogP contribution in [0.4, 0.5) is 11.4 Å². The number of hydrogen-bond acceptors (Lipinski definition) is 4. The van der Waals surface area contributed by atoms with Crippen molar-refractivity contribution in [3.8, 4) is 5.75 Å². The first kappa shape index (κ1) is 18.5. The molecule has 2 aromatic carbocycles. The summed E-state index contributed by atoms with van der Waals surface area (Å²) in [5.74, 6) is 0.817. The van der Waals surface area contributed by atoms with Gasteiger partial charge in [0.15, 0.2) is 0 Å². The van der Waals surface area contributed by atoms with Crippen LogP contribution in [-0.4, -0.2) is 50.6 Å². The molecular formula is C20H24ClN3O2. The van der Waals surface area contributed by atoms with E-state index in [1.54, 1.807) is 7.11 Å². The maximum atomic E-state index is 12.1. The van der Waals surface area contributed by atoms with E-state index in [1.165, 1.54) is 5.69 Å². The van der Waals surface area contributed by atoms with E-state index in [4.69, 9.17) is 16.3 Å². The topological polar surface area (TPSA) is 44.8 Å². The molecule has 1 amide bonds. The quantitative estimate of drug-likeness (QED) is 0.841. The molecule has 0 saturated carbocycles. The smallest absolute Gasteiger partial charge is 0.225 e. The van der Waals surface area contributed by atoms with Crippen LogP contribution in [0.15, 0.2) is 48.5 Å². The van der Waals surface area contributed by atoms with Crippen molar-refractivity contribution in [1.29, 1.82) is 0 Å². The minimum absolute atomic E-state index is 0.0373. The molecule has 1 N–H and O–H groups in total. The highest BCUT2D eigenvalue weighted by Crippen LogP contribution is 2.19. The molecule has 1 aliphatic rings. The van der Waals surface area contributed by atoms with E-state index in [-0.39, 0.29) is 5.91 Å². The van der Waals surface area contributed by atoms with Crippen molar-refractivity contribution in [3.63, 3.8) is 0 Å². The molecule has 3 rings (SSSR count). The molecule has 138 valence electrons. The molecule has 1 fully saturated rings. The maximum absolute atomic E-state index is 12.1. The van der Waals surface area contributed by atoms with E-state index in [0.29, 0.717) is 6.42 Å². The normalized spacial score (nSPS) is 14.9. The Morgan fingerprint density at radius 1 is 1.04 bits per heavy atom. The predicted molar refractivity (Wildman–Crippen MR) is 106 cm³/mol. The minimum atomic E-state index is 0.0373. The third-order valence-electron chi connectivity index (χ3n) is 4.59. The average Bonchev–Trinajstić information content (AvgIpc) is 2.68. The first-order valence-corrected chi connectivity index (χ1v) is 9.18. The van der Waals surface area contributed by atoms with Crippen LogP contribution in [0, 0.1) is 0 Å². The molecule has 5 nitrogen and oxygen atoms in total. The lowest BCUT2D eigenvalue weighted by molar-refractivity contribution is -0.116. The first-order valence-electron chi connectivity index (χ1n) is 8.81. The fraction of sp³-hybridized carbons (Fsp3) is 0.350. The summed E-state index contributed by atoms with van der Waals surface area (Å²) >= 11 is 5.95. The molecule has 1 heterocycles. The molecule has 1 saturated heterocycles. The second kappa shape index (κ2) is 8.92. The monoisotopic (exact) mass is 373 g/mol. The Morgan fingerprint density at radius 3 is 2.31 bits per heavy atom. The van der Waals surface area contributed by atoms with E-state index >= 15 is 0 Å². The fourth-order valence-corrected chi connectivity index (χ4v) is 3.17.